The summed E-state index contributed by atoms with van der Waals surface area (Å²) >= 11 is 0. The molecule has 7 heteroatoms. The van der Waals surface area contributed by atoms with Gasteiger partial charge in [-0.05, 0) is 26.2 Å². The number of hydrogen-bond donors (Lipinski definition) is 0. The predicted octanol–water partition coefficient (Wildman–Crippen LogP) is 1.84. The Morgan fingerprint density at radius 2 is 2.00 bits per heavy atom. The highest BCUT2D eigenvalue weighted by molar-refractivity contribution is 5.85. The third kappa shape index (κ3) is 2.53. The topological polar surface area (TPSA) is 64.1 Å². The van der Waals surface area contributed by atoms with Gasteiger partial charge in [0, 0.05) is 30.1 Å². The maximum absolute atomic E-state index is 12.1. The largest absolute Gasteiger partial charge is 0.454 e. The third-order valence-corrected chi connectivity index (χ3v) is 3.97. The number of ether oxygens (including phenoxy) is 3. The van der Waals surface area contributed by atoms with E-state index in [9.17, 15) is 4.79 Å². The predicted molar refractivity (Wildman–Crippen MR) is 82.9 cm³/mol. The van der Waals surface area contributed by atoms with E-state index in [4.69, 9.17) is 14.2 Å². The molecular weight excluding hydrogens is 298 g/mol. The summed E-state index contributed by atoms with van der Waals surface area (Å²) in [6, 6.07) is 5.71. The molecule has 120 valence electrons. The molecule has 1 amide bonds. The smallest absolute Gasteiger partial charge is 0.416 e. The number of fused-ring (bicyclic) bond motifs is 3. The molecule has 0 spiro atoms. The zero-order chi connectivity index (χ0) is 16.0. The van der Waals surface area contributed by atoms with Gasteiger partial charge in [0.1, 0.15) is 0 Å². The molecule has 2 aliphatic rings. The second kappa shape index (κ2) is 5.27. The van der Waals surface area contributed by atoms with Gasteiger partial charge >= 0.3 is 6.09 Å². The maximum atomic E-state index is 12.1. The van der Waals surface area contributed by atoms with E-state index in [-0.39, 0.29) is 12.9 Å². The molecule has 0 saturated heterocycles. The van der Waals surface area contributed by atoms with Gasteiger partial charge in [0.15, 0.2) is 11.5 Å². The van der Waals surface area contributed by atoms with E-state index in [1.807, 2.05) is 37.2 Å². The molecule has 0 fully saturated rings. The Morgan fingerprint density at radius 3 is 2.78 bits per heavy atom. The molecule has 0 radical (unpaired) electrons. The van der Waals surface area contributed by atoms with E-state index in [1.54, 1.807) is 4.90 Å². The number of benzene rings is 1. The number of rotatable bonds is 3. The summed E-state index contributed by atoms with van der Waals surface area (Å²) in [5, 5.41) is 0.943. The first-order valence-electron chi connectivity index (χ1n) is 7.45. The lowest BCUT2D eigenvalue weighted by Gasteiger charge is -2.28. The Balaban J connectivity index is 1.68. The summed E-state index contributed by atoms with van der Waals surface area (Å²) in [7, 11) is 3.95. The average molecular weight is 315 g/mol. The monoisotopic (exact) mass is 315 g/mol. The number of carbonyl (C=O) groups is 1. The minimum absolute atomic E-state index is 0.221. The van der Waals surface area contributed by atoms with E-state index >= 15 is 0 Å². The van der Waals surface area contributed by atoms with Crippen molar-refractivity contribution >= 4 is 17.0 Å². The van der Waals surface area contributed by atoms with Crippen LogP contribution >= 0.6 is 0 Å². The summed E-state index contributed by atoms with van der Waals surface area (Å²) in [5.74, 6) is 1.76. The molecule has 7 nitrogen and oxygen atoms in total. The van der Waals surface area contributed by atoms with Crippen LogP contribution in [0.25, 0.3) is 10.9 Å². The van der Waals surface area contributed by atoms with E-state index in [0.29, 0.717) is 24.7 Å². The van der Waals surface area contributed by atoms with Gasteiger partial charge in [0.25, 0.3) is 0 Å². The summed E-state index contributed by atoms with van der Waals surface area (Å²) in [5.41, 5.74) is 1.62. The molecule has 0 bridgehead atoms. The Morgan fingerprint density at radius 1 is 1.22 bits per heavy atom. The molecule has 2 aromatic rings. The van der Waals surface area contributed by atoms with Crippen LogP contribution in [0.1, 0.15) is 5.56 Å². The van der Waals surface area contributed by atoms with Crippen LogP contribution in [0.5, 0.6) is 17.4 Å². The Labute approximate surface area is 133 Å². The van der Waals surface area contributed by atoms with Crippen LogP contribution < -0.4 is 14.2 Å². The molecular formula is C16H17N3O4. The highest BCUT2D eigenvalue weighted by Gasteiger charge is 2.27. The molecule has 0 N–H and O–H groups in total. The van der Waals surface area contributed by atoms with Crippen LogP contribution in [-0.2, 0) is 6.54 Å². The number of pyridine rings is 1. The van der Waals surface area contributed by atoms with Gasteiger partial charge in [-0.3, -0.25) is 0 Å². The number of amides is 1. The van der Waals surface area contributed by atoms with Gasteiger partial charge in [-0.1, -0.05) is 0 Å². The van der Waals surface area contributed by atoms with Gasteiger partial charge in [-0.25, -0.2) is 9.78 Å². The number of likely N-dealkylation sites (N-methyl/N-ethyl adjacent to an activating group) is 1. The number of carbonyl (C=O) groups excluding carboxylic acids is 1. The third-order valence-electron chi connectivity index (χ3n) is 3.97. The second-order valence-electron chi connectivity index (χ2n) is 5.94. The van der Waals surface area contributed by atoms with Crippen LogP contribution in [0.3, 0.4) is 0 Å². The Hall–Kier alpha value is -2.54. The van der Waals surface area contributed by atoms with Crippen molar-refractivity contribution in [3.63, 3.8) is 0 Å². The fraction of sp³-hybridized carbons (Fsp3) is 0.375. The summed E-state index contributed by atoms with van der Waals surface area (Å²) in [4.78, 5) is 20.3. The molecule has 23 heavy (non-hydrogen) atoms. The summed E-state index contributed by atoms with van der Waals surface area (Å²) < 4.78 is 16.2. The zero-order valence-electron chi connectivity index (χ0n) is 13.0. The molecule has 1 aromatic heterocycles. The van der Waals surface area contributed by atoms with Crippen LogP contribution in [0.15, 0.2) is 18.2 Å². The van der Waals surface area contributed by atoms with Gasteiger partial charge in [-0.15, -0.1) is 0 Å². The van der Waals surface area contributed by atoms with Crippen molar-refractivity contribution in [3.8, 4) is 17.4 Å². The van der Waals surface area contributed by atoms with Gasteiger partial charge in [0.2, 0.25) is 12.7 Å². The van der Waals surface area contributed by atoms with Crippen LogP contribution in [0.4, 0.5) is 4.79 Å². The van der Waals surface area contributed by atoms with Crippen LogP contribution in [-0.4, -0.2) is 54.9 Å². The molecule has 1 aromatic carbocycles. The van der Waals surface area contributed by atoms with Crippen molar-refractivity contribution in [1.82, 2.24) is 14.8 Å². The Kier molecular flexibility index (Phi) is 3.23. The molecule has 3 heterocycles. The van der Waals surface area contributed by atoms with Gasteiger partial charge in [-0.2, -0.15) is 0 Å². The SMILES string of the molecule is CN(C)CCN1Cc2cc3cc4c(cc3nc2OC1=O)OCO4. The molecule has 4 rings (SSSR count). The number of nitrogens with zero attached hydrogens (tertiary/aromatic N) is 3. The highest BCUT2D eigenvalue weighted by Crippen LogP contribution is 2.37. The van der Waals surface area contributed by atoms with Crippen molar-refractivity contribution in [1.29, 1.82) is 0 Å². The lowest BCUT2D eigenvalue weighted by molar-refractivity contribution is 0.132. The molecule has 0 unspecified atom stereocenters. The fourth-order valence-corrected chi connectivity index (χ4v) is 2.70. The van der Waals surface area contributed by atoms with E-state index in [2.05, 4.69) is 4.98 Å². The zero-order valence-corrected chi connectivity index (χ0v) is 13.0. The Bertz CT molecular complexity index is 790. The molecule has 0 atom stereocenters. The molecule has 0 aliphatic carbocycles. The fourth-order valence-electron chi connectivity index (χ4n) is 2.70. The van der Waals surface area contributed by atoms with Crippen LogP contribution in [0.2, 0.25) is 0 Å². The van der Waals surface area contributed by atoms with Gasteiger partial charge < -0.3 is 24.0 Å². The second-order valence-corrected chi connectivity index (χ2v) is 5.94. The summed E-state index contributed by atoms with van der Waals surface area (Å²) in [6.45, 7) is 2.12. The van der Waals surface area contributed by atoms with Crippen molar-refractivity contribution in [2.75, 3.05) is 34.0 Å². The lowest BCUT2D eigenvalue weighted by atomic mass is 10.1. The first-order valence-corrected chi connectivity index (χ1v) is 7.45. The van der Waals surface area contributed by atoms with E-state index < -0.39 is 0 Å². The van der Waals surface area contributed by atoms with Crippen LogP contribution in [0, 0.1) is 0 Å². The van der Waals surface area contributed by atoms with Crippen molar-refractivity contribution in [2.45, 2.75) is 6.54 Å². The van der Waals surface area contributed by atoms with Gasteiger partial charge in [0.05, 0.1) is 12.1 Å². The van der Waals surface area contributed by atoms with E-state index in [0.717, 1.165) is 28.8 Å². The first kappa shape index (κ1) is 14.1. The normalized spacial score (nSPS) is 16.0. The lowest BCUT2D eigenvalue weighted by Crippen LogP contribution is -2.41. The van der Waals surface area contributed by atoms with Crippen molar-refractivity contribution in [3.05, 3.63) is 23.8 Å². The highest BCUT2D eigenvalue weighted by atomic mass is 16.7. The number of hydrogen-bond acceptors (Lipinski definition) is 6. The quantitative estimate of drug-likeness (QED) is 0.861. The first-order chi connectivity index (χ1) is 11.1. The molecule has 2 aliphatic heterocycles. The minimum atomic E-state index is -0.355. The van der Waals surface area contributed by atoms with Crippen molar-refractivity contribution < 1.29 is 19.0 Å². The standard InChI is InChI=1S/C16H17N3O4/c1-18(2)3-4-19-8-11-5-10-6-13-14(22-9-21-13)7-12(10)17-15(11)23-16(19)20/h5-7H,3-4,8-9H2,1-2H3. The van der Waals surface area contributed by atoms with E-state index in [1.165, 1.54) is 0 Å². The minimum Gasteiger partial charge on any atom is -0.454 e. The summed E-state index contributed by atoms with van der Waals surface area (Å²) in [6.07, 6.45) is -0.355. The molecule has 0 saturated carbocycles. The maximum Gasteiger partial charge on any atom is 0.416 e. The van der Waals surface area contributed by atoms with Crippen molar-refractivity contribution in [2.24, 2.45) is 0 Å². The number of aromatic nitrogens is 1. The average Bonchev–Trinajstić information content (AvgIpc) is 2.95.